The van der Waals surface area contributed by atoms with Crippen LogP contribution in [0.3, 0.4) is 0 Å². The zero-order chi connectivity index (χ0) is 17.2. The van der Waals surface area contributed by atoms with Gasteiger partial charge >= 0.3 is 0 Å². The van der Waals surface area contributed by atoms with Crippen molar-refractivity contribution in [1.29, 1.82) is 0 Å². The number of hydrogen-bond donors (Lipinski definition) is 2. The van der Waals surface area contributed by atoms with Crippen LogP contribution in [-0.2, 0) is 21.2 Å². The molecular formula is C16H16N2O5S. The molecular weight excluding hydrogens is 332 g/mol. The van der Waals surface area contributed by atoms with E-state index in [1.54, 1.807) is 6.07 Å². The number of fused-ring (bicyclic) bond motifs is 1. The van der Waals surface area contributed by atoms with Gasteiger partial charge in [-0.2, -0.15) is 0 Å². The van der Waals surface area contributed by atoms with Gasteiger partial charge in [-0.25, -0.2) is 13.6 Å². The Morgan fingerprint density at radius 3 is 2.71 bits per heavy atom. The number of nitrogens with two attached hydrogens (primary N) is 1. The first-order valence-electron chi connectivity index (χ1n) is 7.23. The summed E-state index contributed by atoms with van der Waals surface area (Å²) in [5.74, 6) is 1.15. The van der Waals surface area contributed by atoms with Crippen LogP contribution < -0.4 is 19.9 Å². The number of ether oxygens (including phenoxy) is 2. The second-order valence-corrected chi connectivity index (χ2v) is 6.87. The molecule has 0 fully saturated rings. The van der Waals surface area contributed by atoms with Gasteiger partial charge in [0.1, 0.15) is 0 Å². The molecule has 0 saturated carbocycles. The second-order valence-electron chi connectivity index (χ2n) is 5.31. The molecule has 1 amide bonds. The van der Waals surface area contributed by atoms with Crippen molar-refractivity contribution in [2.75, 3.05) is 12.1 Å². The molecule has 1 aliphatic heterocycles. The highest BCUT2D eigenvalue weighted by molar-refractivity contribution is 7.89. The normalized spacial score (nSPS) is 12.9. The SMILES string of the molecule is NS(=O)(=O)c1cccc(NC(=O)CCc2ccc3c(c2)OCO3)c1. The van der Waals surface area contributed by atoms with Crippen LogP contribution in [0.2, 0.25) is 0 Å². The molecule has 24 heavy (non-hydrogen) atoms. The molecule has 0 aliphatic carbocycles. The van der Waals surface area contributed by atoms with Crippen LogP contribution in [0.1, 0.15) is 12.0 Å². The van der Waals surface area contributed by atoms with Gasteiger partial charge in [0.25, 0.3) is 0 Å². The molecule has 0 radical (unpaired) electrons. The summed E-state index contributed by atoms with van der Waals surface area (Å²) in [7, 11) is -3.80. The molecule has 0 bridgehead atoms. The Morgan fingerprint density at radius 2 is 1.92 bits per heavy atom. The number of sulfonamides is 1. The lowest BCUT2D eigenvalue weighted by molar-refractivity contribution is -0.116. The Kier molecular flexibility index (Phi) is 4.41. The number of carbonyl (C=O) groups is 1. The fourth-order valence-corrected chi connectivity index (χ4v) is 2.89. The standard InChI is InChI=1S/C16H16N2O5S/c17-24(20,21)13-3-1-2-12(9-13)18-16(19)7-5-11-4-6-14-15(8-11)23-10-22-14/h1-4,6,8-9H,5,7,10H2,(H,18,19)(H2,17,20,21). The van der Waals surface area contributed by atoms with Gasteiger partial charge in [-0.1, -0.05) is 12.1 Å². The minimum Gasteiger partial charge on any atom is -0.454 e. The smallest absolute Gasteiger partial charge is 0.238 e. The minimum absolute atomic E-state index is 0.0453. The molecule has 0 spiro atoms. The van der Waals surface area contributed by atoms with Crippen LogP contribution in [0.4, 0.5) is 5.69 Å². The first kappa shape index (κ1) is 16.3. The summed E-state index contributed by atoms with van der Waals surface area (Å²) in [6.07, 6.45) is 0.774. The van der Waals surface area contributed by atoms with Crippen LogP contribution in [0.15, 0.2) is 47.4 Å². The second kappa shape index (κ2) is 6.50. The zero-order valence-corrected chi connectivity index (χ0v) is 13.5. The molecule has 8 heteroatoms. The van der Waals surface area contributed by atoms with Crippen molar-refractivity contribution in [2.24, 2.45) is 5.14 Å². The topological polar surface area (TPSA) is 108 Å². The molecule has 0 unspecified atom stereocenters. The number of carbonyl (C=O) groups excluding carboxylic acids is 1. The predicted octanol–water partition coefficient (Wildman–Crippen LogP) is 1.63. The van der Waals surface area contributed by atoms with Gasteiger partial charge in [0, 0.05) is 12.1 Å². The molecule has 7 nitrogen and oxygen atoms in total. The number of aryl methyl sites for hydroxylation is 1. The highest BCUT2D eigenvalue weighted by atomic mass is 32.2. The van der Waals surface area contributed by atoms with Crippen molar-refractivity contribution >= 4 is 21.6 Å². The van der Waals surface area contributed by atoms with E-state index in [1.807, 2.05) is 18.2 Å². The third-order valence-corrected chi connectivity index (χ3v) is 4.44. The summed E-state index contributed by atoms with van der Waals surface area (Å²) in [6, 6.07) is 11.4. The highest BCUT2D eigenvalue weighted by Gasteiger charge is 2.14. The van der Waals surface area contributed by atoms with E-state index in [1.165, 1.54) is 18.2 Å². The molecule has 0 saturated heterocycles. The maximum absolute atomic E-state index is 12.0. The Labute approximate surface area is 139 Å². The molecule has 1 aliphatic rings. The van der Waals surface area contributed by atoms with Crippen LogP contribution in [0, 0.1) is 0 Å². The Balaban J connectivity index is 1.60. The van der Waals surface area contributed by atoms with Gasteiger partial charge in [-0.15, -0.1) is 0 Å². The van der Waals surface area contributed by atoms with Crippen LogP contribution in [0.5, 0.6) is 11.5 Å². The van der Waals surface area contributed by atoms with Crippen molar-refractivity contribution in [3.8, 4) is 11.5 Å². The summed E-state index contributed by atoms with van der Waals surface area (Å²) in [5, 5.41) is 7.74. The molecule has 0 aromatic heterocycles. The van der Waals surface area contributed by atoms with Crippen molar-refractivity contribution in [1.82, 2.24) is 0 Å². The Bertz CT molecular complexity index is 880. The molecule has 2 aromatic rings. The quantitative estimate of drug-likeness (QED) is 0.854. The molecule has 1 heterocycles. The lowest BCUT2D eigenvalue weighted by Crippen LogP contribution is -2.15. The summed E-state index contributed by atoms with van der Waals surface area (Å²) < 4.78 is 33.2. The van der Waals surface area contributed by atoms with Crippen molar-refractivity contribution in [3.05, 3.63) is 48.0 Å². The van der Waals surface area contributed by atoms with Gasteiger partial charge in [-0.3, -0.25) is 4.79 Å². The number of anilines is 1. The number of primary sulfonamides is 1. The van der Waals surface area contributed by atoms with E-state index in [9.17, 15) is 13.2 Å². The van der Waals surface area contributed by atoms with Crippen molar-refractivity contribution in [2.45, 2.75) is 17.7 Å². The number of nitrogens with one attached hydrogen (secondary N) is 1. The van der Waals surface area contributed by atoms with Crippen molar-refractivity contribution in [3.63, 3.8) is 0 Å². The maximum Gasteiger partial charge on any atom is 0.238 e. The fraction of sp³-hybridized carbons (Fsp3) is 0.188. The van der Waals surface area contributed by atoms with Crippen LogP contribution >= 0.6 is 0 Å². The molecule has 126 valence electrons. The first-order chi connectivity index (χ1) is 11.4. The van der Waals surface area contributed by atoms with E-state index in [4.69, 9.17) is 14.6 Å². The first-order valence-corrected chi connectivity index (χ1v) is 8.78. The highest BCUT2D eigenvalue weighted by Crippen LogP contribution is 2.32. The van der Waals surface area contributed by atoms with Gasteiger partial charge in [0.2, 0.25) is 22.7 Å². The summed E-state index contributed by atoms with van der Waals surface area (Å²) in [4.78, 5) is 12.0. The van der Waals surface area contributed by atoms with Gasteiger partial charge in [-0.05, 0) is 42.3 Å². The molecule has 3 rings (SSSR count). The summed E-state index contributed by atoms with van der Waals surface area (Å²) in [5.41, 5.74) is 1.34. The predicted molar refractivity (Wildman–Crippen MR) is 87.3 cm³/mol. The minimum atomic E-state index is -3.80. The lowest BCUT2D eigenvalue weighted by Gasteiger charge is -2.07. The molecule has 0 atom stereocenters. The number of rotatable bonds is 5. The summed E-state index contributed by atoms with van der Waals surface area (Å²) in [6.45, 7) is 0.208. The maximum atomic E-state index is 12.0. The number of hydrogen-bond acceptors (Lipinski definition) is 5. The van der Waals surface area contributed by atoms with Crippen molar-refractivity contribution < 1.29 is 22.7 Å². The van der Waals surface area contributed by atoms with Crippen LogP contribution in [0.25, 0.3) is 0 Å². The average Bonchev–Trinajstić information content (AvgIpc) is 3.00. The Hall–Kier alpha value is -2.58. The molecule has 2 aromatic carbocycles. The van der Waals surface area contributed by atoms with Gasteiger partial charge in [0.15, 0.2) is 11.5 Å². The zero-order valence-electron chi connectivity index (χ0n) is 12.7. The van der Waals surface area contributed by atoms with E-state index >= 15 is 0 Å². The molecule has 3 N–H and O–H groups in total. The van der Waals surface area contributed by atoms with E-state index in [2.05, 4.69) is 5.32 Å². The van der Waals surface area contributed by atoms with Gasteiger partial charge < -0.3 is 14.8 Å². The Morgan fingerprint density at radius 1 is 1.12 bits per heavy atom. The fourth-order valence-electron chi connectivity index (χ4n) is 2.33. The van der Waals surface area contributed by atoms with E-state index in [0.717, 1.165) is 5.56 Å². The number of benzene rings is 2. The third kappa shape index (κ3) is 3.84. The lowest BCUT2D eigenvalue weighted by atomic mass is 10.1. The number of amides is 1. The van der Waals surface area contributed by atoms with E-state index < -0.39 is 10.0 Å². The largest absolute Gasteiger partial charge is 0.454 e. The summed E-state index contributed by atoms with van der Waals surface area (Å²) >= 11 is 0. The van der Waals surface area contributed by atoms with E-state index in [-0.39, 0.29) is 24.0 Å². The van der Waals surface area contributed by atoms with E-state index in [0.29, 0.717) is 23.6 Å². The van der Waals surface area contributed by atoms with Crippen LogP contribution in [-0.4, -0.2) is 21.1 Å². The average molecular weight is 348 g/mol. The monoisotopic (exact) mass is 348 g/mol. The third-order valence-electron chi connectivity index (χ3n) is 3.52. The van der Waals surface area contributed by atoms with Gasteiger partial charge in [0.05, 0.1) is 4.90 Å².